The molecule has 9 heteroatoms. The SMILES string of the molecule is O=C1S/C(=C\c2ccc(OCc3ccc4c(c3)OCO4)cc2)C(=O)N1Cc1c(Cl)cccc1Cl. The first kappa shape index (κ1) is 22.7. The molecule has 5 rings (SSSR count). The van der Waals surface area contributed by atoms with Crippen molar-refractivity contribution >= 4 is 52.2 Å². The van der Waals surface area contributed by atoms with Crippen molar-refractivity contribution in [1.82, 2.24) is 4.90 Å². The predicted molar refractivity (Wildman–Crippen MR) is 131 cm³/mol. The highest BCUT2D eigenvalue weighted by atomic mass is 35.5. The summed E-state index contributed by atoms with van der Waals surface area (Å²) in [6.45, 7) is 0.626. The van der Waals surface area contributed by atoms with E-state index >= 15 is 0 Å². The van der Waals surface area contributed by atoms with E-state index in [-0.39, 0.29) is 24.5 Å². The number of nitrogens with zero attached hydrogens (tertiary/aromatic N) is 1. The van der Waals surface area contributed by atoms with E-state index < -0.39 is 0 Å². The lowest BCUT2D eigenvalue weighted by Gasteiger charge is -2.14. The summed E-state index contributed by atoms with van der Waals surface area (Å²) in [5.41, 5.74) is 2.27. The van der Waals surface area contributed by atoms with Crippen molar-refractivity contribution in [3.05, 3.63) is 92.3 Å². The van der Waals surface area contributed by atoms with Gasteiger partial charge in [0.2, 0.25) is 6.79 Å². The third kappa shape index (κ3) is 4.73. The maximum absolute atomic E-state index is 12.8. The fourth-order valence-corrected chi connectivity index (χ4v) is 4.84. The molecule has 0 aromatic heterocycles. The van der Waals surface area contributed by atoms with Crippen LogP contribution in [0.4, 0.5) is 4.79 Å². The van der Waals surface area contributed by atoms with Crippen molar-refractivity contribution in [1.29, 1.82) is 0 Å². The fourth-order valence-electron chi connectivity index (χ4n) is 3.49. The molecule has 1 fully saturated rings. The van der Waals surface area contributed by atoms with Crippen molar-refractivity contribution in [2.24, 2.45) is 0 Å². The van der Waals surface area contributed by atoms with Crippen LogP contribution in [0.5, 0.6) is 17.2 Å². The molecule has 2 aliphatic heterocycles. The summed E-state index contributed by atoms with van der Waals surface area (Å²) >= 11 is 13.3. The zero-order valence-corrected chi connectivity index (χ0v) is 20.0. The number of ether oxygens (including phenoxy) is 3. The van der Waals surface area contributed by atoms with Crippen LogP contribution in [0, 0.1) is 0 Å². The molecule has 0 radical (unpaired) electrons. The van der Waals surface area contributed by atoms with Crippen LogP contribution in [0.15, 0.2) is 65.6 Å². The van der Waals surface area contributed by atoms with E-state index in [4.69, 9.17) is 37.4 Å². The number of hydrogen-bond donors (Lipinski definition) is 0. The summed E-state index contributed by atoms with van der Waals surface area (Å²) in [5.74, 6) is 1.74. The Morgan fingerprint density at radius 2 is 1.71 bits per heavy atom. The number of amides is 2. The Hall–Kier alpha value is -3.13. The van der Waals surface area contributed by atoms with Gasteiger partial charge in [0.25, 0.3) is 11.1 Å². The number of thioether (sulfide) groups is 1. The van der Waals surface area contributed by atoms with Gasteiger partial charge in [0.1, 0.15) is 12.4 Å². The second-order valence-electron chi connectivity index (χ2n) is 7.51. The Kier molecular flexibility index (Phi) is 6.41. The maximum Gasteiger partial charge on any atom is 0.293 e. The second kappa shape index (κ2) is 9.62. The minimum Gasteiger partial charge on any atom is -0.489 e. The van der Waals surface area contributed by atoms with Gasteiger partial charge in [-0.05, 0) is 65.4 Å². The van der Waals surface area contributed by atoms with Gasteiger partial charge in [-0.25, -0.2) is 0 Å². The topological polar surface area (TPSA) is 65.1 Å². The summed E-state index contributed by atoms with van der Waals surface area (Å²) in [7, 11) is 0. The number of rotatable bonds is 6. The van der Waals surface area contributed by atoms with Crippen LogP contribution in [0.2, 0.25) is 10.0 Å². The summed E-state index contributed by atoms with van der Waals surface area (Å²) in [4.78, 5) is 26.8. The first-order chi connectivity index (χ1) is 16.5. The molecule has 172 valence electrons. The molecular formula is C25H17Cl2NO5S. The number of carbonyl (C=O) groups excluding carboxylic acids is 2. The van der Waals surface area contributed by atoms with Gasteiger partial charge < -0.3 is 14.2 Å². The van der Waals surface area contributed by atoms with Crippen molar-refractivity contribution < 1.29 is 23.8 Å². The fraction of sp³-hybridized carbons (Fsp3) is 0.120. The Bertz CT molecular complexity index is 1290. The summed E-state index contributed by atoms with van der Waals surface area (Å²) < 4.78 is 16.5. The van der Waals surface area contributed by atoms with Gasteiger partial charge in [-0.1, -0.05) is 47.5 Å². The van der Waals surface area contributed by atoms with Gasteiger partial charge in [0.05, 0.1) is 11.4 Å². The van der Waals surface area contributed by atoms with Gasteiger partial charge in [0.15, 0.2) is 11.5 Å². The zero-order valence-electron chi connectivity index (χ0n) is 17.6. The maximum atomic E-state index is 12.8. The Labute approximate surface area is 210 Å². The van der Waals surface area contributed by atoms with E-state index in [2.05, 4.69) is 0 Å². The normalized spacial score (nSPS) is 15.9. The molecule has 0 N–H and O–H groups in total. The Morgan fingerprint density at radius 3 is 2.47 bits per heavy atom. The van der Waals surface area contributed by atoms with Crippen LogP contribution in [0.3, 0.4) is 0 Å². The summed E-state index contributed by atoms with van der Waals surface area (Å²) in [6, 6.07) is 18.0. The molecule has 34 heavy (non-hydrogen) atoms. The van der Waals surface area contributed by atoms with Crippen molar-refractivity contribution in [3.63, 3.8) is 0 Å². The third-order valence-electron chi connectivity index (χ3n) is 5.27. The number of imide groups is 1. The Morgan fingerprint density at radius 1 is 0.971 bits per heavy atom. The molecule has 0 atom stereocenters. The lowest BCUT2D eigenvalue weighted by Crippen LogP contribution is -2.27. The number of hydrogen-bond acceptors (Lipinski definition) is 6. The minimum absolute atomic E-state index is 0.0210. The summed E-state index contributed by atoms with van der Waals surface area (Å²) in [6.07, 6.45) is 1.68. The third-order valence-corrected chi connectivity index (χ3v) is 6.89. The molecular weight excluding hydrogens is 497 g/mol. The molecule has 0 aliphatic carbocycles. The van der Waals surface area contributed by atoms with Crippen LogP contribution in [-0.4, -0.2) is 22.8 Å². The Balaban J connectivity index is 1.24. The molecule has 0 saturated carbocycles. The smallest absolute Gasteiger partial charge is 0.293 e. The highest BCUT2D eigenvalue weighted by Gasteiger charge is 2.35. The first-order valence-electron chi connectivity index (χ1n) is 10.3. The second-order valence-corrected chi connectivity index (χ2v) is 9.32. The molecule has 3 aromatic rings. The average molecular weight is 514 g/mol. The van der Waals surface area contributed by atoms with Gasteiger partial charge in [-0.3, -0.25) is 14.5 Å². The average Bonchev–Trinajstić information content (AvgIpc) is 3.40. The highest BCUT2D eigenvalue weighted by Crippen LogP contribution is 2.36. The van der Waals surface area contributed by atoms with Crippen LogP contribution in [-0.2, 0) is 17.9 Å². The number of carbonyl (C=O) groups is 2. The quantitative estimate of drug-likeness (QED) is 0.348. The van der Waals surface area contributed by atoms with Crippen LogP contribution < -0.4 is 14.2 Å². The van der Waals surface area contributed by atoms with Crippen LogP contribution in [0.25, 0.3) is 6.08 Å². The van der Waals surface area contributed by atoms with E-state index in [1.165, 1.54) is 0 Å². The number of fused-ring (bicyclic) bond motifs is 1. The van der Waals surface area contributed by atoms with Gasteiger partial charge in [-0.2, -0.15) is 0 Å². The summed E-state index contributed by atoms with van der Waals surface area (Å²) in [5, 5.41) is 0.453. The van der Waals surface area contributed by atoms with E-state index in [1.807, 2.05) is 42.5 Å². The predicted octanol–water partition coefficient (Wildman–Crippen LogP) is 6.54. The molecule has 0 unspecified atom stereocenters. The monoisotopic (exact) mass is 513 g/mol. The molecule has 6 nitrogen and oxygen atoms in total. The molecule has 0 bridgehead atoms. The standard InChI is InChI=1S/C25H17Cl2NO5S/c26-19-2-1-3-20(27)18(19)12-28-24(29)23(34-25(28)30)11-15-4-7-17(8-5-15)31-13-16-6-9-21-22(10-16)33-14-32-21/h1-11H,12-14H2/b23-11-. The van der Waals surface area contributed by atoms with Crippen LogP contribution >= 0.6 is 35.0 Å². The van der Waals surface area contributed by atoms with E-state index in [9.17, 15) is 9.59 Å². The van der Waals surface area contributed by atoms with Crippen molar-refractivity contribution in [2.75, 3.05) is 6.79 Å². The lowest BCUT2D eigenvalue weighted by molar-refractivity contribution is -0.123. The number of halogens is 2. The van der Waals surface area contributed by atoms with Crippen LogP contribution in [0.1, 0.15) is 16.7 Å². The molecule has 0 spiro atoms. The van der Waals surface area contributed by atoms with E-state index in [1.54, 1.807) is 24.3 Å². The molecule has 3 aromatic carbocycles. The van der Waals surface area contributed by atoms with Gasteiger partial charge in [-0.15, -0.1) is 0 Å². The molecule has 1 saturated heterocycles. The van der Waals surface area contributed by atoms with Crippen molar-refractivity contribution in [3.8, 4) is 17.2 Å². The first-order valence-corrected chi connectivity index (χ1v) is 11.8. The highest BCUT2D eigenvalue weighted by molar-refractivity contribution is 8.18. The molecule has 2 heterocycles. The van der Waals surface area contributed by atoms with Gasteiger partial charge >= 0.3 is 0 Å². The largest absolute Gasteiger partial charge is 0.489 e. The zero-order chi connectivity index (χ0) is 23.7. The lowest BCUT2D eigenvalue weighted by atomic mass is 10.2. The minimum atomic E-state index is -0.380. The van der Waals surface area contributed by atoms with Gasteiger partial charge in [0, 0.05) is 15.6 Å². The molecule has 2 amide bonds. The number of benzene rings is 3. The van der Waals surface area contributed by atoms with E-state index in [0.717, 1.165) is 33.5 Å². The van der Waals surface area contributed by atoms with Crippen molar-refractivity contribution in [2.45, 2.75) is 13.2 Å². The molecule has 2 aliphatic rings. The van der Waals surface area contributed by atoms with E-state index in [0.29, 0.717) is 38.6 Å².